The van der Waals surface area contributed by atoms with Crippen molar-refractivity contribution >= 4 is 21.4 Å². The number of hydrogen-bond acceptors (Lipinski definition) is 3. The van der Waals surface area contributed by atoms with Gasteiger partial charge in [0.05, 0.1) is 5.39 Å². The average Bonchev–Trinajstić information content (AvgIpc) is 2.17. The molecule has 0 aliphatic heterocycles. The van der Waals surface area contributed by atoms with Crippen LogP contribution in [0, 0.1) is 0 Å². The lowest BCUT2D eigenvalue weighted by Crippen LogP contribution is -2.16. The predicted octanol–water partition coefficient (Wildman–Crippen LogP) is 1.51. The number of nitrogens with one attached hydrogen (secondary N) is 1. The van der Waals surface area contributed by atoms with Crippen LogP contribution in [0.4, 0.5) is 0 Å². The molecule has 0 amide bonds. The molecule has 72 valence electrons. The Balaban J connectivity index is 3.01. The average molecular weight is 207 g/mol. The number of aryl methyl sites for hydroxylation is 1. The van der Waals surface area contributed by atoms with Gasteiger partial charge in [-0.05, 0) is 18.1 Å². The van der Waals surface area contributed by atoms with Crippen LogP contribution in [0.3, 0.4) is 0 Å². The van der Waals surface area contributed by atoms with Crippen molar-refractivity contribution in [3.63, 3.8) is 0 Å². The van der Waals surface area contributed by atoms with Crippen molar-refractivity contribution in [2.75, 3.05) is 0 Å². The molecule has 0 saturated heterocycles. The smallest absolute Gasteiger partial charge is 0.280 e. The molecule has 1 aromatic carbocycles. The van der Waals surface area contributed by atoms with Crippen LogP contribution in [0.25, 0.3) is 10.1 Å². The first-order valence-corrected chi connectivity index (χ1v) is 5.19. The highest BCUT2D eigenvalue weighted by Gasteiger charge is 2.03. The SMILES string of the molecule is CCc1cccc2c(=O)[nH]c(=O)sc12. The van der Waals surface area contributed by atoms with Crippen LogP contribution < -0.4 is 10.4 Å². The monoisotopic (exact) mass is 207 g/mol. The van der Waals surface area contributed by atoms with Gasteiger partial charge in [-0.25, -0.2) is 0 Å². The van der Waals surface area contributed by atoms with Gasteiger partial charge in [-0.15, -0.1) is 0 Å². The summed E-state index contributed by atoms with van der Waals surface area (Å²) in [5.74, 6) is 0. The second kappa shape index (κ2) is 3.38. The molecule has 1 heterocycles. The van der Waals surface area contributed by atoms with Crippen molar-refractivity contribution in [2.24, 2.45) is 0 Å². The van der Waals surface area contributed by atoms with Gasteiger partial charge in [0.15, 0.2) is 0 Å². The summed E-state index contributed by atoms with van der Waals surface area (Å²) in [5, 5.41) is 0.606. The Labute approximate surface area is 84.0 Å². The van der Waals surface area contributed by atoms with Crippen LogP contribution in [0.5, 0.6) is 0 Å². The summed E-state index contributed by atoms with van der Waals surface area (Å²) in [6.45, 7) is 2.01. The standard InChI is InChI=1S/C10H9NO2S/c1-2-6-4-3-5-7-8(6)14-10(13)11-9(7)12/h3-5H,2H2,1H3,(H,11,12,13). The second-order valence-corrected chi connectivity index (χ2v) is 3.97. The van der Waals surface area contributed by atoms with Crippen molar-refractivity contribution in [1.29, 1.82) is 0 Å². The number of fused-ring (bicyclic) bond motifs is 1. The number of aromatic amines is 1. The highest BCUT2D eigenvalue weighted by Crippen LogP contribution is 2.17. The lowest BCUT2D eigenvalue weighted by Gasteiger charge is -2.00. The van der Waals surface area contributed by atoms with E-state index < -0.39 is 0 Å². The van der Waals surface area contributed by atoms with E-state index in [0.29, 0.717) is 5.39 Å². The zero-order chi connectivity index (χ0) is 10.1. The molecule has 0 bridgehead atoms. The van der Waals surface area contributed by atoms with Gasteiger partial charge in [0.2, 0.25) is 0 Å². The van der Waals surface area contributed by atoms with Crippen LogP contribution in [0.1, 0.15) is 12.5 Å². The number of H-pyrrole nitrogens is 1. The third-order valence-corrected chi connectivity index (χ3v) is 3.11. The minimum absolute atomic E-state index is 0.289. The number of benzene rings is 1. The van der Waals surface area contributed by atoms with Gasteiger partial charge in [-0.2, -0.15) is 0 Å². The maximum absolute atomic E-state index is 11.4. The largest absolute Gasteiger partial charge is 0.307 e. The molecule has 2 rings (SSSR count). The van der Waals surface area contributed by atoms with Crippen molar-refractivity contribution in [3.8, 4) is 0 Å². The van der Waals surface area contributed by atoms with E-state index in [2.05, 4.69) is 4.98 Å². The molecule has 0 fully saturated rings. The fraction of sp³-hybridized carbons (Fsp3) is 0.200. The summed E-state index contributed by atoms with van der Waals surface area (Å²) >= 11 is 1.10. The Bertz CT molecular complexity index is 582. The van der Waals surface area contributed by atoms with Crippen LogP contribution >= 0.6 is 11.3 Å². The first-order chi connectivity index (χ1) is 6.72. The molecule has 0 atom stereocenters. The van der Waals surface area contributed by atoms with Crippen LogP contribution in [-0.2, 0) is 6.42 Å². The quantitative estimate of drug-likeness (QED) is 0.770. The van der Waals surface area contributed by atoms with Crippen LogP contribution in [0.2, 0.25) is 0 Å². The van der Waals surface area contributed by atoms with E-state index in [1.54, 1.807) is 6.07 Å². The summed E-state index contributed by atoms with van der Waals surface area (Å²) in [4.78, 5) is 24.5. The molecule has 0 unspecified atom stereocenters. The van der Waals surface area contributed by atoms with Crippen LogP contribution in [-0.4, -0.2) is 4.98 Å². The molecular formula is C10H9NO2S. The minimum Gasteiger partial charge on any atom is -0.280 e. The Morgan fingerprint density at radius 2 is 2.14 bits per heavy atom. The van der Waals surface area contributed by atoms with E-state index in [1.807, 2.05) is 19.1 Å². The fourth-order valence-corrected chi connectivity index (χ4v) is 2.38. The lowest BCUT2D eigenvalue weighted by molar-refractivity contribution is 1.16. The Kier molecular flexibility index (Phi) is 2.21. The van der Waals surface area contributed by atoms with Gasteiger partial charge < -0.3 is 0 Å². The number of rotatable bonds is 1. The summed E-state index contributed by atoms with van der Waals surface area (Å²) in [6, 6.07) is 5.52. The molecule has 0 radical (unpaired) electrons. The Morgan fingerprint density at radius 1 is 1.36 bits per heavy atom. The van der Waals surface area contributed by atoms with Gasteiger partial charge in [-0.1, -0.05) is 30.4 Å². The highest BCUT2D eigenvalue weighted by atomic mass is 32.1. The molecule has 4 heteroatoms. The summed E-state index contributed by atoms with van der Waals surface area (Å²) in [7, 11) is 0. The number of hydrogen-bond donors (Lipinski definition) is 1. The third kappa shape index (κ3) is 1.37. The molecular weight excluding hydrogens is 198 g/mol. The molecule has 1 N–H and O–H groups in total. The maximum Gasteiger partial charge on any atom is 0.307 e. The molecule has 0 spiro atoms. The first kappa shape index (κ1) is 9.15. The molecule has 0 saturated carbocycles. The second-order valence-electron chi connectivity index (χ2n) is 2.99. The summed E-state index contributed by atoms with van der Waals surface area (Å²) in [5.41, 5.74) is 0.759. The van der Waals surface area contributed by atoms with Crippen LogP contribution in [0.15, 0.2) is 27.8 Å². The van der Waals surface area contributed by atoms with Crippen molar-refractivity contribution in [1.82, 2.24) is 4.98 Å². The van der Waals surface area contributed by atoms with E-state index >= 15 is 0 Å². The van der Waals surface area contributed by atoms with Gasteiger partial charge in [0.1, 0.15) is 0 Å². The molecule has 3 nitrogen and oxygen atoms in total. The highest BCUT2D eigenvalue weighted by molar-refractivity contribution is 7.16. The zero-order valence-corrected chi connectivity index (χ0v) is 8.48. The minimum atomic E-state index is -0.293. The molecule has 0 aliphatic carbocycles. The lowest BCUT2D eigenvalue weighted by atomic mass is 10.1. The van der Waals surface area contributed by atoms with Crippen molar-refractivity contribution < 1.29 is 0 Å². The normalized spacial score (nSPS) is 10.6. The predicted molar refractivity (Wildman–Crippen MR) is 58.1 cm³/mol. The van der Waals surface area contributed by atoms with Crippen molar-refractivity contribution in [2.45, 2.75) is 13.3 Å². The van der Waals surface area contributed by atoms with Gasteiger partial charge >= 0.3 is 4.87 Å². The summed E-state index contributed by atoms with van der Waals surface area (Å²) < 4.78 is 0.809. The molecule has 1 aromatic heterocycles. The molecule has 0 aliphatic rings. The summed E-state index contributed by atoms with van der Waals surface area (Å²) in [6.07, 6.45) is 0.830. The fourth-order valence-electron chi connectivity index (χ4n) is 1.44. The zero-order valence-electron chi connectivity index (χ0n) is 7.66. The van der Waals surface area contributed by atoms with Gasteiger partial charge in [0, 0.05) is 4.70 Å². The van der Waals surface area contributed by atoms with Gasteiger partial charge in [0.25, 0.3) is 5.56 Å². The number of aromatic nitrogens is 1. The van der Waals surface area contributed by atoms with Gasteiger partial charge in [-0.3, -0.25) is 14.6 Å². The Morgan fingerprint density at radius 3 is 2.86 bits per heavy atom. The van der Waals surface area contributed by atoms with E-state index in [4.69, 9.17) is 0 Å². The topological polar surface area (TPSA) is 49.9 Å². The maximum atomic E-state index is 11.4. The first-order valence-electron chi connectivity index (χ1n) is 4.37. The van der Waals surface area contributed by atoms with E-state index in [9.17, 15) is 9.59 Å². The third-order valence-electron chi connectivity index (χ3n) is 2.13. The van der Waals surface area contributed by atoms with Crippen molar-refractivity contribution in [3.05, 3.63) is 43.8 Å². The van der Waals surface area contributed by atoms with E-state index in [1.165, 1.54) is 0 Å². The Hall–Kier alpha value is -1.42. The molecule has 2 aromatic rings. The molecule has 14 heavy (non-hydrogen) atoms. The van der Waals surface area contributed by atoms with E-state index in [0.717, 1.165) is 28.0 Å². The van der Waals surface area contributed by atoms with E-state index in [-0.39, 0.29) is 10.4 Å².